The Morgan fingerprint density at radius 2 is 1.78 bits per heavy atom. The molecule has 0 unspecified atom stereocenters. The fourth-order valence-corrected chi connectivity index (χ4v) is 4.09. The number of benzene rings is 2. The van der Waals surface area contributed by atoms with Gasteiger partial charge in [-0.1, -0.05) is 30.3 Å². The molecule has 0 aliphatic carbocycles. The van der Waals surface area contributed by atoms with Crippen LogP contribution in [0.15, 0.2) is 65.6 Å². The molecule has 7 heteroatoms. The van der Waals surface area contributed by atoms with Crippen molar-refractivity contribution in [2.45, 2.75) is 25.9 Å². The number of carbonyl (C=O) groups is 2. The summed E-state index contributed by atoms with van der Waals surface area (Å²) >= 11 is 0. The second-order valence-corrected chi connectivity index (χ2v) is 7.84. The standard InChI is InChI=1S/C25H25N3O4/c1-26-23(30)22-21-12-14-27(24(31)18-7-9-20(29)10-8-18)15-19(21)16-28(25(22)32)13-11-17-5-3-2-4-6-17/h2-10,16,29H,11-15H2,1H3,(H,26,30). The predicted octanol–water partition coefficient (Wildman–Crippen LogP) is 2.35. The van der Waals surface area contributed by atoms with E-state index in [4.69, 9.17) is 0 Å². The Balaban J connectivity index is 1.66. The van der Waals surface area contributed by atoms with Gasteiger partial charge in [-0.2, -0.15) is 0 Å². The Morgan fingerprint density at radius 3 is 2.47 bits per heavy atom. The van der Waals surface area contributed by atoms with Crippen molar-refractivity contribution in [2.24, 2.45) is 0 Å². The van der Waals surface area contributed by atoms with Crippen molar-refractivity contribution < 1.29 is 14.7 Å². The molecule has 0 radical (unpaired) electrons. The number of aromatic hydroxyl groups is 1. The first kappa shape index (κ1) is 21.4. The number of phenolic OH excluding ortho intramolecular Hbond substituents is 1. The molecule has 0 spiro atoms. The Bertz CT molecular complexity index is 1200. The first-order valence-electron chi connectivity index (χ1n) is 10.6. The number of aryl methyl sites for hydroxylation is 2. The summed E-state index contributed by atoms with van der Waals surface area (Å²) in [7, 11) is 1.51. The Labute approximate surface area is 185 Å². The minimum atomic E-state index is -0.404. The lowest BCUT2D eigenvalue weighted by molar-refractivity contribution is 0.0734. The predicted molar refractivity (Wildman–Crippen MR) is 121 cm³/mol. The van der Waals surface area contributed by atoms with E-state index in [1.165, 1.54) is 19.2 Å². The third-order valence-corrected chi connectivity index (χ3v) is 5.81. The lowest BCUT2D eigenvalue weighted by Gasteiger charge is -2.30. The molecule has 1 aromatic heterocycles. The van der Waals surface area contributed by atoms with Crippen LogP contribution in [0.25, 0.3) is 0 Å². The van der Waals surface area contributed by atoms with Gasteiger partial charge in [-0.25, -0.2) is 0 Å². The smallest absolute Gasteiger partial charge is 0.263 e. The van der Waals surface area contributed by atoms with Crippen LogP contribution in [0, 0.1) is 0 Å². The molecule has 7 nitrogen and oxygen atoms in total. The molecule has 1 aliphatic heterocycles. The van der Waals surface area contributed by atoms with E-state index < -0.39 is 5.91 Å². The lowest BCUT2D eigenvalue weighted by Crippen LogP contribution is -2.41. The summed E-state index contributed by atoms with van der Waals surface area (Å²) in [5, 5.41) is 12.1. The van der Waals surface area contributed by atoms with Crippen molar-refractivity contribution >= 4 is 11.8 Å². The Hall–Kier alpha value is -3.87. The van der Waals surface area contributed by atoms with Crippen LogP contribution in [0.3, 0.4) is 0 Å². The van der Waals surface area contributed by atoms with Gasteiger partial charge in [0.25, 0.3) is 17.4 Å². The monoisotopic (exact) mass is 431 g/mol. The highest BCUT2D eigenvalue weighted by Gasteiger charge is 2.28. The Morgan fingerprint density at radius 1 is 1.06 bits per heavy atom. The molecule has 0 atom stereocenters. The van der Waals surface area contributed by atoms with Crippen LogP contribution >= 0.6 is 0 Å². The average Bonchev–Trinajstić information content (AvgIpc) is 2.82. The van der Waals surface area contributed by atoms with Gasteiger partial charge in [0.2, 0.25) is 0 Å². The number of nitrogens with zero attached hydrogens (tertiary/aromatic N) is 2. The number of aromatic nitrogens is 1. The summed E-state index contributed by atoms with van der Waals surface area (Å²) in [5.74, 6) is -0.457. The summed E-state index contributed by atoms with van der Waals surface area (Å²) < 4.78 is 1.57. The molecule has 3 aromatic rings. The number of amides is 2. The molecule has 0 fully saturated rings. The second kappa shape index (κ2) is 9.09. The van der Waals surface area contributed by atoms with E-state index in [1.54, 1.807) is 27.8 Å². The lowest BCUT2D eigenvalue weighted by atomic mass is 9.95. The SMILES string of the molecule is CNC(=O)c1c2c(cn(CCc3ccccc3)c1=O)CN(C(=O)c1ccc(O)cc1)CC2. The van der Waals surface area contributed by atoms with E-state index in [0.717, 1.165) is 11.1 Å². The maximum Gasteiger partial charge on any atom is 0.263 e. The van der Waals surface area contributed by atoms with Crippen LogP contribution in [-0.2, 0) is 25.9 Å². The quantitative estimate of drug-likeness (QED) is 0.649. The zero-order chi connectivity index (χ0) is 22.7. The topological polar surface area (TPSA) is 91.6 Å². The summed E-state index contributed by atoms with van der Waals surface area (Å²) in [5.41, 5.74) is 2.94. The molecular weight excluding hydrogens is 406 g/mol. The van der Waals surface area contributed by atoms with Gasteiger partial charge in [-0.15, -0.1) is 0 Å². The summed E-state index contributed by atoms with van der Waals surface area (Å²) in [6, 6.07) is 16.0. The first-order valence-corrected chi connectivity index (χ1v) is 10.6. The molecule has 2 amide bonds. The third-order valence-electron chi connectivity index (χ3n) is 5.81. The third kappa shape index (κ3) is 4.27. The van der Waals surface area contributed by atoms with Gasteiger partial charge in [0, 0.05) is 38.4 Å². The van der Waals surface area contributed by atoms with Crippen molar-refractivity contribution in [3.8, 4) is 5.75 Å². The average molecular weight is 431 g/mol. The number of hydrogen-bond acceptors (Lipinski definition) is 4. The van der Waals surface area contributed by atoms with Crippen molar-refractivity contribution in [3.05, 3.63) is 99.0 Å². The first-order chi connectivity index (χ1) is 15.5. The largest absolute Gasteiger partial charge is 0.508 e. The highest BCUT2D eigenvalue weighted by Crippen LogP contribution is 2.23. The number of hydrogen-bond donors (Lipinski definition) is 2. The highest BCUT2D eigenvalue weighted by atomic mass is 16.3. The molecule has 2 heterocycles. The van der Waals surface area contributed by atoms with Crippen LogP contribution in [0.1, 0.15) is 37.4 Å². The molecule has 2 aromatic carbocycles. The fraction of sp³-hybridized carbons (Fsp3) is 0.240. The number of pyridine rings is 1. The number of rotatable bonds is 5. The van der Waals surface area contributed by atoms with Gasteiger partial charge in [-0.05, 0) is 53.8 Å². The number of phenols is 1. The zero-order valence-electron chi connectivity index (χ0n) is 17.9. The zero-order valence-corrected chi connectivity index (χ0v) is 17.9. The van der Waals surface area contributed by atoms with Gasteiger partial charge < -0.3 is 19.9 Å². The summed E-state index contributed by atoms with van der Waals surface area (Å²) in [6.07, 6.45) is 2.86. The van der Waals surface area contributed by atoms with Crippen LogP contribution in [0.5, 0.6) is 5.75 Å². The van der Waals surface area contributed by atoms with Crippen LogP contribution < -0.4 is 10.9 Å². The molecule has 0 saturated carbocycles. The van der Waals surface area contributed by atoms with Crippen molar-refractivity contribution in [2.75, 3.05) is 13.6 Å². The van der Waals surface area contributed by atoms with Crippen molar-refractivity contribution in [1.29, 1.82) is 0 Å². The van der Waals surface area contributed by atoms with Crippen molar-refractivity contribution in [1.82, 2.24) is 14.8 Å². The van der Waals surface area contributed by atoms with E-state index in [-0.39, 0.29) is 22.8 Å². The van der Waals surface area contributed by atoms with Gasteiger partial charge in [0.15, 0.2) is 0 Å². The maximum atomic E-state index is 13.1. The maximum absolute atomic E-state index is 13.1. The van der Waals surface area contributed by atoms with Gasteiger partial charge in [0.05, 0.1) is 0 Å². The van der Waals surface area contributed by atoms with E-state index in [1.807, 2.05) is 30.3 Å². The molecule has 1 aliphatic rings. The number of carbonyl (C=O) groups excluding carboxylic acids is 2. The normalized spacial score (nSPS) is 12.8. The molecule has 32 heavy (non-hydrogen) atoms. The molecule has 2 N–H and O–H groups in total. The van der Waals surface area contributed by atoms with Gasteiger partial charge in [0.1, 0.15) is 11.3 Å². The molecule has 164 valence electrons. The van der Waals surface area contributed by atoms with E-state index in [9.17, 15) is 19.5 Å². The van der Waals surface area contributed by atoms with E-state index in [2.05, 4.69) is 5.32 Å². The van der Waals surface area contributed by atoms with Gasteiger partial charge >= 0.3 is 0 Å². The number of fused-ring (bicyclic) bond motifs is 1. The fourth-order valence-electron chi connectivity index (χ4n) is 4.09. The van der Waals surface area contributed by atoms with Crippen LogP contribution in [-0.4, -0.2) is 40.0 Å². The summed E-state index contributed by atoms with van der Waals surface area (Å²) in [6.45, 7) is 1.15. The van der Waals surface area contributed by atoms with E-state index >= 15 is 0 Å². The Kier molecular flexibility index (Phi) is 6.07. The van der Waals surface area contributed by atoms with Crippen molar-refractivity contribution in [3.63, 3.8) is 0 Å². The summed E-state index contributed by atoms with van der Waals surface area (Å²) in [4.78, 5) is 40.4. The van der Waals surface area contributed by atoms with E-state index in [0.29, 0.717) is 43.6 Å². The molecule has 0 bridgehead atoms. The highest BCUT2D eigenvalue weighted by molar-refractivity contribution is 5.96. The molecule has 4 rings (SSSR count). The van der Waals surface area contributed by atoms with Crippen LogP contribution in [0.2, 0.25) is 0 Å². The van der Waals surface area contributed by atoms with Gasteiger partial charge in [-0.3, -0.25) is 14.4 Å². The van der Waals surface area contributed by atoms with Crippen LogP contribution in [0.4, 0.5) is 0 Å². The second-order valence-electron chi connectivity index (χ2n) is 7.84. The minimum absolute atomic E-state index is 0.100. The minimum Gasteiger partial charge on any atom is -0.508 e. The number of nitrogens with one attached hydrogen (secondary N) is 1. The molecular formula is C25H25N3O4. The molecule has 0 saturated heterocycles.